The van der Waals surface area contributed by atoms with Crippen molar-refractivity contribution in [3.8, 4) is 0 Å². The molecule has 436 valence electrons. The number of ether oxygens (including phenoxy) is 7. The molecular weight excluding hydrogens is 1000 g/mol. The summed E-state index contributed by atoms with van der Waals surface area (Å²) in [6.45, 7) is 14.3. The standard InChI is InChI=1S/C53H86O23/c1-23-32(56)36(60)39(63)52(74-23,51(68)31(20-54)75-53(69,41(65)40(51)64)71-22-27-34(58)35(59)37(61)42(66)72-27)76-44(67)50-17-15-45(2,3)19-25(50)24-9-10-29-47(6)13-12-30(73-43-38(62)33(57)26(55)21-70-43)46(4,5)28(47)11-14-49(29,8)48(24,7)16-18-50/h9,23,25-43,54-66,68-69H,10-22H2,1-8H3/t23-,25+,26+,27?,28?,29?,30+,31?,32-,33+,34+,35?,36+,37+,38-,39+,40?,41+,42+,43?,47+,48-,49-,50+,51+,52?,53+/m1/s1. The number of esters is 1. The molecule has 4 saturated carbocycles. The van der Waals surface area contributed by atoms with E-state index in [9.17, 15) is 76.6 Å². The highest BCUT2D eigenvalue weighted by Crippen LogP contribution is 2.76. The van der Waals surface area contributed by atoms with E-state index in [0.29, 0.717) is 32.1 Å². The maximum absolute atomic E-state index is 15.9. The average molecular weight is 1090 g/mol. The van der Waals surface area contributed by atoms with Crippen LogP contribution < -0.4 is 0 Å². The van der Waals surface area contributed by atoms with Crippen molar-refractivity contribution in [1.29, 1.82) is 0 Å². The molecule has 76 heavy (non-hydrogen) atoms. The van der Waals surface area contributed by atoms with E-state index < -0.39 is 157 Å². The monoisotopic (exact) mass is 1090 g/mol. The lowest BCUT2D eigenvalue weighted by Crippen LogP contribution is -2.85. The fourth-order valence-corrected chi connectivity index (χ4v) is 16.7. The maximum Gasteiger partial charge on any atom is 0.315 e. The van der Waals surface area contributed by atoms with Crippen molar-refractivity contribution >= 4 is 5.97 Å². The first-order valence-corrected chi connectivity index (χ1v) is 27.3. The molecule has 4 saturated heterocycles. The van der Waals surface area contributed by atoms with Crippen molar-refractivity contribution in [1.82, 2.24) is 0 Å². The lowest BCUT2D eigenvalue weighted by molar-refractivity contribution is -0.504. The number of carbonyl (C=O) groups excluding carboxylic acids is 1. The Balaban J connectivity index is 1.03. The number of carbonyl (C=O) groups is 1. The van der Waals surface area contributed by atoms with Crippen molar-refractivity contribution in [2.45, 2.75) is 241 Å². The molecule has 4 aliphatic heterocycles. The molecule has 8 fully saturated rings. The van der Waals surface area contributed by atoms with Crippen LogP contribution in [-0.4, -0.2) is 224 Å². The zero-order valence-electron chi connectivity index (χ0n) is 44.8. The van der Waals surface area contributed by atoms with Crippen LogP contribution in [-0.2, 0) is 38.0 Å². The molecule has 4 heterocycles. The number of hydrogen-bond donors (Lipinski definition) is 15. The first kappa shape index (κ1) is 59.0. The number of allylic oxidation sites excluding steroid dienone is 2. The van der Waals surface area contributed by atoms with Gasteiger partial charge in [-0.1, -0.05) is 60.1 Å². The topological polar surface area (TPSA) is 385 Å². The average Bonchev–Trinajstić information content (AvgIpc) is 3.56. The molecule has 0 aromatic carbocycles. The number of hydrogen-bond acceptors (Lipinski definition) is 23. The molecule has 0 radical (unpaired) electrons. The molecule has 23 nitrogen and oxygen atoms in total. The summed E-state index contributed by atoms with van der Waals surface area (Å²) >= 11 is 0. The van der Waals surface area contributed by atoms with E-state index in [1.165, 1.54) is 6.92 Å². The minimum atomic E-state index is -3.51. The van der Waals surface area contributed by atoms with Gasteiger partial charge in [0, 0.05) is 0 Å². The molecule has 0 aromatic rings. The van der Waals surface area contributed by atoms with Crippen LogP contribution in [0.2, 0.25) is 0 Å². The predicted molar refractivity (Wildman–Crippen MR) is 258 cm³/mol. The Kier molecular flexibility index (Phi) is 15.4. The van der Waals surface area contributed by atoms with Gasteiger partial charge in [0.25, 0.3) is 5.79 Å². The lowest BCUT2D eigenvalue weighted by Gasteiger charge is -2.71. The van der Waals surface area contributed by atoms with Crippen LogP contribution in [0.3, 0.4) is 0 Å². The molecule has 15 N–H and O–H groups in total. The zero-order valence-corrected chi connectivity index (χ0v) is 44.8. The van der Waals surface area contributed by atoms with Gasteiger partial charge in [-0.2, -0.15) is 0 Å². The van der Waals surface area contributed by atoms with E-state index in [-0.39, 0.29) is 53.6 Å². The van der Waals surface area contributed by atoms with E-state index in [0.717, 1.165) is 24.8 Å². The summed E-state index contributed by atoms with van der Waals surface area (Å²) in [6.07, 6.45) is -23.4. The number of aliphatic hydroxyl groups is 15. The van der Waals surface area contributed by atoms with Crippen LogP contribution in [0.15, 0.2) is 11.6 Å². The van der Waals surface area contributed by atoms with E-state index >= 15 is 4.79 Å². The van der Waals surface area contributed by atoms with Gasteiger partial charge >= 0.3 is 11.9 Å². The molecule has 0 amide bonds. The van der Waals surface area contributed by atoms with Crippen LogP contribution in [0.5, 0.6) is 0 Å². The minimum Gasteiger partial charge on any atom is -0.426 e. The molecule has 0 spiro atoms. The number of fused-ring (bicyclic) bond motifs is 7. The maximum atomic E-state index is 15.9. The van der Waals surface area contributed by atoms with Crippen LogP contribution in [0, 0.1) is 50.2 Å². The van der Waals surface area contributed by atoms with Gasteiger partial charge in [-0.25, -0.2) is 0 Å². The second-order valence-electron chi connectivity index (χ2n) is 26.4. The summed E-state index contributed by atoms with van der Waals surface area (Å²) in [5.41, 5.74) is -5.47. The Morgan fingerprint density at radius 3 is 2.05 bits per heavy atom. The Morgan fingerprint density at radius 1 is 0.711 bits per heavy atom. The Bertz CT molecular complexity index is 2180. The Labute approximate surface area is 442 Å². The van der Waals surface area contributed by atoms with Crippen LogP contribution in [0.4, 0.5) is 0 Å². The molecule has 0 bridgehead atoms. The Morgan fingerprint density at radius 2 is 1.38 bits per heavy atom. The summed E-state index contributed by atoms with van der Waals surface area (Å²) < 4.78 is 40.8. The quantitative estimate of drug-likeness (QED) is 0.0498. The molecule has 9 rings (SSSR count). The molecule has 5 aliphatic carbocycles. The summed E-state index contributed by atoms with van der Waals surface area (Å²) in [6, 6.07) is 0. The second kappa shape index (κ2) is 19.8. The van der Waals surface area contributed by atoms with Gasteiger partial charge < -0.3 is 110 Å². The van der Waals surface area contributed by atoms with E-state index in [2.05, 4.69) is 54.5 Å². The highest BCUT2D eigenvalue weighted by molar-refractivity contribution is 5.79. The van der Waals surface area contributed by atoms with Gasteiger partial charge in [0.2, 0.25) is 0 Å². The van der Waals surface area contributed by atoms with Gasteiger partial charge in [0.05, 0.1) is 37.4 Å². The minimum absolute atomic E-state index is 0.165. The van der Waals surface area contributed by atoms with Gasteiger partial charge in [0.15, 0.2) is 30.4 Å². The summed E-state index contributed by atoms with van der Waals surface area (Å²) in [7, 11) is 0. The first-order valence-electron chi connectivity index (χ1n) is 27.3. The fraction of sp³-hybridized carbons (Fsp3) is 0.943. The fourth-order valence-electron chi connectivity index (χ4n) is 16.7. The Hall–Kier alpha value is -1.63. The molecule has 9 aliphatic rings. The largest absolute Gasteiger partial charge is 0.426 e. The van der Waals surface area contributed by atoms with E-state index in [1.807, 2.05) is 0 Å². The summed E-state index contributed by atoms with van der Waals surface area (Å²) in [4.78, 5) is 15.9. The van der Waals surface area contributed by atoms with E-state index in [4.69, 9.17) is 33.2 Å². The summed E-state index contributed by atoms with van der Waals surface area (Å²) in [5, 5.41) is 166. The van der Waals surface area contributed by atoms with Crippen molar-refractivity contribution < 1.29 is 115 Å². The van der Waals surface area contributed by atoms with Gasteiger partial charge in [-0.3, -0.25) is 4.79 Å². The van der Waals surface area contributed by atoms with Gasteiger partial charge in [0.1, 0.15) is 67.1 Å². The molecule has 23 heteroatoms. The highest BCUT2D eigenvalue weighted by Gasteiger charge is 2.78. The van der Waals surface area contributed by atoms with Gasteiger partial charge in [-0.15, -0.1) is 0 Å². The molecule has 27 atom stereocenters. The van der Waals surface area contributed by atoms with Crippen LogP contribution in [0.25, 0.3) is 0 Å². The van der Waals surface area contributed by atoms with Gasteiger partial charge in [-0.05, 0) is 116 Å². The third kappa shape index (κ3) is 8.49. The lowest BCUT2D eigenvalue weighted by atomic mass is 9.33. The summed E-state index contributed by atoms with van der Waals surface area (Å²) in [5.74, 6) is -7.95. The third-order valence-corrected chi connectivity index (χ3v) is 21.7. The smallest absolute Gasteiger partial charge is 0.315 e. The molecule has 8 unspecified atom stereocenters. The molecular formula is C53H86O23. The number of aliphatic hydroxyl groups excluding tert-OH is 13. The van der Waals surface area contributed by atoms with Crippen LogP contribution in [0.1, 0.15) is 120 Å². The zero-order chi connectivity index (χ0) is 56.1. The predicted octanol–water partition coefficient (Wildman–Crippen LogP) is -2.34. The van der Waals surface area contributed by atoms with E-state index in [1.54, 1.807) is 0 Å². The first-order chi connectivity index (χ1) is 35.2. The normalized spacial score (nSPS) is 56.0. The molecule has 0 aromatic heterocycles. The number of rotatable bonds is 9. The highest BCUT2D eigenvalue weighted by atomic mass is 16.8. The van der Waals surface area contributed by atoms with Crippen molar-refractivity contribution in [2.24, 2.45) is 50.2 Å². The SMILES string of the molecule is C[C@H]1OC(OC(=O)[C@]23CCC(C)(C)C[C@H]2C2=CCC4[C@@]5(C)CC[C@H](OC6OC[C@H](O)[C@H](O)[C@H]6O)C(C)(C)C5CC[C@@]4(C)[C@]2(C)CC3)([C@]2(O)C(CO)O[C@@](O)(OCC3O[C@H](O)[C@@H](O)C(O)[C@H]3O)[C@@H](O)C2O)[C@@H](O)[C@@H](O)[C@@H]1O. The van der Waals surface area contributed by atoms with Crippen molar-refractivity contribution in [3.63, 3.8) is 0 Å². The van der Waals surface area contributed by atoms with Crippen LogP contribution >= 0.6 is 0 Å². The van der Waals surface area contributed by atoms with Crippen molar-refractivity contribution in [3.05, 3.63) is 11.6 Å². The van der Waals surface area contributed by atoms with Crippen molar-refractivity contribution in [2.75, 3.05) is 19.8 Å². The second-order valence-corrected chi connectivity index (χ2v) is 26.4. The third-order valence-electron chi connectivity index (χ3n) is 21.7.